The standard InChI is InChI=1S/C17H12ClN3/c18-15-9-12(10-19)3-6-17(15)21-11-13-4-5-16-14(8-13)2-1-7-20-16/h1-9,21H,11H2. The van der Waals surface area contributed by atoms with E-state index < -0.39 is 0 Å². The van der Waals surface area contributed by atoms with Gasteiger partial charge in [-0.1, -0.05) is 23.7 Å². The fourth-order valence-corrected chi connectivity index (χ4v) is 2.41. The number of anilines is 1. The monoisotopic (exact) mass is 293 g/mol. The zero-order chi connectivity index (χ0) is 14.7. The molecule has 0 fully saturated rings. The van der Waals surface area contributed by atoms with Crippen LogP contribution in [0.4, 0.5) is 5.69 Å². The highest BCUT2D eigenvalue weighted by Gasteiger charge is 2.02. The van der Waals surface area contributed by atoms with E-state index in [1.165, 1.54) is 0 Å². The van der Waals surface area contributed by atoms with Gasteiger partial charge in [-0.25, -0.2) is 0 Å². The van der Waals surface area contributed by atoms with Crippen LogP contribution in [0.25, 0.3) is 10.9 Å². The smallest absolute Gasteiger partial charge is 0.0992 e. The minimum atomic E-state index is 0.552. The van der Waals surface area contributed by atoms with E-state index >= 15 is 0 Å². The summed E-state index contributed by atoms with van der Waals surface area (Å²) in [7, 11) is 0. The van der Waals surface area contributed by atoms with Gasteiger partial charge in [-0.2, -0.15) is 5.26 Å². The number of benzene rings is 2. The lowest BCUT2D eigenvalue weighted by molar-refractivity contribution is 1.15. The van der Waals surface area contributed by atoms with Crippen molar-refractivity contribution >= 4 is 28.2 Å². The van der Waals surface area contributed by atoms with Crippen molar-refractivity contribution in [2.45, 2.75) is 6.54 Å². The molecule has 0 amide bonds. The second kappa shape index (κ2) is 5.82. The van der Waals surface area contributed by atoms with Gasteiger partial charge in [-0.05, 0) is 42.0 Å². The number of pyridine rings is 1. The maximum absolute atomic E-state index is 8.83. The molecule has 0 aliphatic rings. The van der Waals surface area contributed by atoms with Gasteiger partial charge in [0.05, 0.1) is 27.9 Å². The van der Waals surface area contributed by atoms with Gasteiger partial charge in [0.25, 0.3) is 0 Å². The van der Waals surface area contributed by atoms with Crippen molar-refractivity contribution in [3.05, 3.63) is 70.9 Å². The summed E-state index contributed by atoms with van der Waals surface area (Å²) >= 11 is 6.15. The Morgan fingerprint density at radius 3 is 2.86 bits per heavy atom. The molecule has 0 saturated heterocycles. The molecule has 0 aliphatic heterocycles. The third-order valence-electron chi connectivity index (χ3n) is 3.25. The van der Waals surface area contributed by atoms with E-state index in [1.807, 2.05) is 30.3 Å². The van der Waals surface area contributed by atoms with Crippen molar-refractivity contribution in [2.75, 3.05) is 5.32 Å². The van der Waals surface area contributed by atoms with Crippen molar-refractivity contribution in [3.63, 3.8) is 0 Å². The zero-order valence-corrected chi connectivity index (χ0v) is 11.9. The lowest BCUT2D eigenvalue weighted by Crippen LogP contribution is -2.00. The normalized spacial score (nSPS) is 10.3. The number of nitriles is 1. The summed E-state index contributed by atoms with van der Waals surface area (Å²) in [5.41, 5.74) is 3.51. The maximum atomic E-state index is 8.83. The maximum Gasteiger partial charge on any atom is 0.0992 e. The van der Waals surface area contributed by atoms with Crippen molar-refractivity contribution in [2.24, 2.45) is 0 Å². The van der Waals surface area contributed by atoms with Gasteiger partial charge >= 0.3 is 0 Å². The first kappa shape index (κ1) is 13.4. The van der Waals surface area contributed by atoms with Crippen LogP contribution >= 0.6 is 11.6 Å². The molecule has 0 atom stereocenters. The summed E-state index contributed by atoms with van der Waals surface area (Å²) in [4.78, 5) is 4.30. The van der Waals surface area contributed by atoms with Gasteiger partial charge in [-0.3, -0.25) is 4.98 Å². The number of hydrogen-bond donors (Lipinski definition) is 1. The van der Waals surface area contributed by atoms with Crippen LogP contribution in [-0.4, -0.2) is 4.98 Å². The highest BCUT2D eigenvalue weighted by molar-refractivity contribution is 6.33. The molecule has 2 aromatic carbocycles. The molecule has 0 saturated carbocycles. The second-order valence-electron chi connectivity index (χ2n) is 4.69. The van der Waals surface area contributed by atoms with E-state index in [0.717, 1.165) is 22.2 Å². The van der Waals surface area contributed by atoms with Gasteiger partial charge in [0.15, 0.2) is 0 Å². The Kier molecular flexibility index (Phi) is 3.72. The summed E-state index contributed by atoms with van der Waals surface area (Å²) in [6, 6.07) is 17.4. The molecule has 1 N–H and O–H groups in total. The summed E-state index contributed by atoms with van der Waals surface area (Å²) in [5, 5.41) is 13.8. The van der Waals surface area contributed by atoms with Crippen LogP contribution in [0.1, 0.15) is 11.1 Å². The molecule has 0 bridgehead atoms. The number of rotatable bonds is 3. The molecule has 1 heterocycles. The average Bonchev–Trinajstić information content (AvgIpc) is 2.53. The lowest BCUT2D eigenvalue weighted by Gasteiger charge is -2.09. The van der Waals surface area contributed by atoms with E-state index in [0.29, 0.717) is 17.1 Å². The number of aromatic nitrogens is 1. The molecule has 3 aromatic rings. The number of nitrogens with one attached hydrogen (secondary N) is 1. The first-order chi connectivity index (χ1) is 10.3. The number of nitrogens with zero attached hydrogens (tertiary/aromatic N) is 2. The molecule has 1 aromatic heterocycles. The highest BCUT2D eigenvalue weighted by Crippen LogP contribution is 2.23. The molecular formula is C17H12ClN3. The quantitative estimate of drug-likeness (QED) is 0.780. The van der Waals surface area contributed by atoms with Crippen LogP contribution in [0.3, 0.4) is 0 Å². The molecule has 0 unspecified atom stereocenters. The topological polar surface area (TPSA) is 48.7 Å². The van der Waals surface area contributed by atoms with Crippen molar-refractivity contribution in [1.29, 1.82) is 5.26 Å². The van der Waals surface area contributed by atoms with Gasteiger partial charge in [-0.15, -0.1) is 0 Å². The fourth-order valence-electron chi connectivity index (χ4n) is 2.16. The first-order valence-electron chi connectivity index (χ1n) is 6.53. The summed E-state index contributed by atoms with van der Waals surface area (Å²) in [5.74, 6) is 0. The molecule has 0 aliphatic carbocycles. The molecule has 4 heteroatoms. The van der Waals surface area contributed by atoms with Crippen molar-refractivity contribution < 1.29 is 0 Å². The predicted molar refractivity (Wildman–Crippen MR) is 85.2 cm³/mol. The van der Waals surface area contributed by atoms with Crippen molar-refractivity contribution in [3.8, 4) is 6.07 Å². The summed E-state index contributed by atoms with van der Waals surface area (Å²) < 4.78 is 0. The highest BCUT2D eigenvalue weighted by atomic mass is 35.5. The van der Waals surface area contributed by atoms with Crippen LogP contribution < -0.4 is 5.32 Å². The third kappa shape index (κ3) is 2.96. The molecule has 21 heavy (non-hydrogen) atoms. The molecule has 0 radical (unpaired) electrons. The molecule has 102 valence electrons. The van der Waals surface area contributed by atoms with Gasteiger partial charge in [0.2, 0.25) is 0 Å². The first-order valence-corrected chi connectivity index (χ1v) is 6.91. The van der Waals surface area contributed by atoms with E-state index in [1.54, 1.807) is 18.3 Å². The summed E-state index contributed by atoms with van der Waals surface area (Å²) in [6.07, 6.45) is 1.79. The zero-order valence-electron chi connectivity index (χ0n) is 11.2. The Bertz CT molecular complexity index is 837. The van der Waals surface area contributed by atoms with E-state index in [9.17, 15) is 0 Å². The molecule has 0 spiro atoms. The average molecular weight is 294 g/mol. The largest absolute Gasteiger partial charge is 0.380 e. The van der Waals surface area contributed by atoms with Crippen LogP contribution in [0, 0.1) is 11.3 Å². The Morgan fingerprint density at radius 2 is 2.05 bits per heavy atom. The van der Waals surface area contributed by atoms with E-state index in [4.69, 9.17) is 16.9 Å². The van der Waals surface area contributed by atoms with Crippen LogP contribution in [0.15, 0.2) is 54.7 Å². The fraction of sp³-hybridized carbons (Fsp3) is 0.0588. The summed E-state index contributed by atoms with van der Waals surface area (Å²) in [6.45, 7) is 0.663. The Morgan fingerprint density at radius 1 is 1.14 bits per heavy atom. The Labute approximate surface area is 127 Å². The number of hydrogen-bond acceptors (Lipinski definition) is 3. The Hall–Kier alpha value is -2.57. The second-order valence-corrected chi connectivity index (χ2v) is 5.10. The molecular weight excluding hydrogens is 282 g/mol. The van der Waals surface area contributed by atoms with Crippen LogP contribution in [-0.2, 0) is 6.54 Å². The predicted octanol–water partition coefficient (Wildman–Crippen LogP) is 4.37. The lowest BCUT2D eigenvalue weighted by atomic mass is 10.1. The minimum absolute atomic E-state index is 0.552. The van der Waals surface area contributed by atoms with Gasteiger partial charge < -0.3 is 5.32 Å². The van der Waals surface area contributed by atoms with Gasteiger partial charge in [0.1, 0.15) is 0 Å². The number of halogens is 1. The van der Waals surface area contributed by atoms with Crippen LogP contribution in [0.5, 0.6) is 0 Å². The third-order valence-corrected chi connectivity index (χ3v) is 3.56. The number of fused-ring (bicyclic) bond motifs is 1. The van der Waals surface area contributed by atoms with Gasteiger partial charge in [0, 0.05) is 18.1 Å². The molecule has 3 nitrogen and oxygen atoms in total. The van der Waals surface area contributed by atoms with E-state index in [2.05, 4.69) is 22.4 Å². The van der Waals surface area contributed by atoms with Crippen LogP contribution in [0.2, 0.25) is 5.02 Å². The minimum Gasteiger partial charge on any atom is -0.380 e. The van der Waals surface area contributed by atoms with Crippen molar-refractivity contribution in [1.82, 2.24) is 4.98 Å². The SMILES string of the molecule is N#Cc1ccc(NCc2ccc3ncccc3c2)c(Cl)c1. The molecule has 3 rings (SSSR count). The van der Waals surface area contributed by atoms with E-state index in [-0.39, 0.29) is 0 Å². The Balaban J connectivity index is 1.78.